The molecule has 1 rings (SSSR count). The lowest BCUT2D eigenvalue weighted by Gasteiger charge is -2.18. The van der Waals surface area contributed by atoms with Crippen molar-refractivity contribution >= 4 is 17.5 Å². The molecular weight excluding hydrogens is 230 g/mol. The number of rotatable bonds is 6. The second-order valence-corrected chi connectivity index (χ2v) is 4.42. The number of para-hydroxylation sites is 1. The Labute approximate surface area is 107 Å². The van der Waals surface area contributed by atoms with E-state index < -0.39 is 11.9 Å². The molecule has 0 aliphatic heterocycles. The van der Waals surface area contributed by atoms with Crippen molar-refractivity contribution in [2.24, 2.45) is 11.7 Å². The fraction of sp³-hybridized carbons (Fsp3) is 0.385. The Balaban J connectivity index is 2.44. The lowest BCUT2D eigenvalue weighted by Crippen LogP contribution is -2.47. The van der Waals surface area contributed by atoms with Gasteiger partial charge in [-0.25, -0.2) is 0 Å². The van der Waals surface area contributed by atoms with Gasteiger partial charge in [0.25, 0.3) is 0 Å². The minimum atomic E-state index is -0.494. The molecule has 1 unspecified atom stereocenters. The van der Waals surface area contributed by atoms with Crippen LogP contribution in [0.3, 0.4) is 0 Å². The molecule has 4 N–H and O–H groups in total. The molecule has 0 saturated heterocycles. The van der Waals surface area contributed by atoms with Crippen LogP contribution < -0.4 is 16.4 Å². The number of nitrogens with two attached hydrogens (primary N) is 1. The van der Waals surface area contributed by atoms with Gasteiger partial charge < -0.3 is 11.1 Å². The lowest BCUT2D eigenvalue weighted by atomic mass is 10.0. The third-order valence-electron chi connectivity index (χ3n) is 2.51. The molecule has 0 aromatic heterocycles. The summed E-state index contributed by atoms with van der Waals surface area (Å²) in [4.78, 5) is 22.8. The van der Waals surface area contributed by atoms with Gasteiger partial charge >= 0.3 is 0 Å². The topological polar surface area (TPSA) is 84.2 Å². The van der Waals surface area contributed by atoms with E-state index in [1.807, 2.05) is 32.0 Å². The first-order valence-electron chi connectivity index (χ1n) is 5.88. The number of primary amides is 1. The first kappa shape index (κ1) is 14.2. The van der Waals surface area contributed by atoms with Crippen molar-refractivity contribution in [2.75, 3.05) is 11.9 Å². The molecule has 0 bridgehead atoms. The average molecular weight is 249 g/mol. The van der Waals surface area contributed by atoms with Gasteiger partial charge in [-0.1, -0.05) is 32.0 Å². The SMILES string of the molecule is CC(C)C(NCC(=O)Nc1ccccc1)C(N)=O. The number of carbonyl (C=O) groups is 2. The minimum Gasteiger partial charge on any atom is -0.368 e. The Morgan fingerprint density at radius 2 is 1.83 bits per heavy atom. The highest BCUT2D eigenvalue weighted by atomic mass is 16.2. The van der Waals surface area contributed by atoms with E-state index in [0.717, 1.165) is 5.69 Å². The summed E-state index contributed by atoms with van der Waals surface area (Å²) < 4.78 is 0. The largest absolute Gasteiger partial charge is 0.368 e. The van der Waals surface area contributed by atoms with Crippen LogP contribution in [0.25, 0.3) is 0 Å². The molecule has 0 saturated carbocycles. The molecule has 1 aromatic rings. The summed E-state index contributed by atoms with van der Waals surface area (Å²) >= 11 is 0. The van der Waals surface area contributed by atoms with Crippen LogP contribution in [0.1, 0.15) is 13.8 Å². The van der Waals surface area contributed by atoms with Crippen LogP contribution in [0.4, 0.5) is 5.69 Å². The molecule has 0 aliphatic carbocycles. The van der Waals surface area contributed by atoms with E-state index in [-0.39, 0.29) is 18.4 Å². The average Bonchev–Trinajstić information content (AvgIpc) is 2.29. The number of benzene rings is 1. The summed E-state index contributed by atoms with van der Waals surface area (Å²) in [5.74, 6) is -0.599. The number of carbonyl (C=O) groups excluding carboxylic acids is 2. The van der Waals surface area contributed by atoms with Gasteiger partial charge in [0, 0.05) is 5.69 Å². The van der Waals surface area contributed by atoms with E-state index in [9.17, 15) is 9.59 Å². The standard InChI is InChI=1S/C13H19N3O2/c1-9(2)12(13(14)18)15-8-11(17)16-10-6-4-3-5-7-10/h3-7,9,12,15H,8H2,1-2H3,(H2,14,18)(H,16,17). The summed E-state index contributed by atoms with van der Waals surface area (Å²) in [7, 11) is 0. The molecule has 0 spiro atoms. The van der Waals surface area contributed by atoms with Crippen LogP contribution in [0, 0.1) is 5.92 Å². The zero-order chi connectivity index (χ0) is 13.5. The molecular formula is C13H19N3O2. The Morgan fingerprint density at radius 1 is 1.22 bits per heavy atom. The van der Waals surface area contributed by atoms with Gasteiger partial charge in [0.05, 0.1) is 12.6 Å². The Morgan fingerprint density at radius 3 is 2.33 bits per heavy atom. The molecule has 2 amide bonds. The van der Waals surface area contributed by atoms with E-state index in [2.05, 4.69) is 10.6 Å². The fourth-order valence-corrected chi connectivity index (χ4v) is 1.59. The van der Waals surface area contributed by atoms with Crippen molar-refractivity contribution in [3.8, 4) is 0 Å². The Bertz CT molecular complexity index is 404. The highest BCUT2D eigenvalue weighted by Gasteiger charge is 2.19. The molecule has 18 heavy (non-hydrogen) atoms. The molecule has 0 heterocycles. The zero-order valence-electron chi connectivity index (χ0n) is 10.6. The van der Waals surface area contributed by atoms with Crippen LogP contribution in [0.2, 0.25) is 0 Å². The molecule has 5 nitrogen and oxygen atoms in total. The van der Waals surface area contributed by atoms with E-state index in [1.54, 1.807) is 12.1 Å². The number of anilines is 1. The molecule has 0 radical (unpaired) electrons. The smallest absolute Gasteiger partial charge is 0.238 e. The fourth-order valence-electron chi connectivity index (χ4n) is 1.59. The zero-order valence-corrected chi connectivity index (χ0v) is 10.6. The van der Waals surface area contributed by atoms with Crippen LogP contribution in [0.5, 0.6) is 0 Å². The predicted molar refractivity (Wildman–Crippen MR) is 70.9 cm³/mol. The van der Waals surface area contributed by atoms with Crippen molar-refractivity contribution in [2.45, 2.75) is 19.9 Å². The first-order chi connectivity index (χ1) is 8.50. The summed E-state index contributed by atoms with van der Waals surface area (Å²) in [6, 6.07) is 8.65. The molecule has 0 fully saturated rings. The van der Waals surface area contributed by atoms with Gasteiger partial charge in [0.15, 0.2) is 0 Å². The molecule has 1 atom stereocenters. The van der Waals surface area contributed by atoms with E-state index in [4.69, 9.17) is 5.73 Å². The van der Waals surface area contributed by atoms with Crippen molar-refractivity contribution < 1.29 is 9.59 Å². The van der Waals surface area contributed by atoms with Crippen molar-refractivity contribution in [1.29, 1.82) is 0 Å². The van der Waals surface area contributed by atoms with Crippen molar-refractivity contribution in [1.82, 2.24) is 5.32 Å². The maximum absolute atomic E-state index is 11.6. The first-order valence-corrected chi connectivity index (χ1v) is 5.88. The Kier molecular flexibility index (Phi) is 5.32. The highest BCUT2D eigenvalue weighted by Crippen LogP contribution is 2.04. The lowest BCUT2D eigenvalue weighted by molar-refractivity contribution is -0.121. The summed E-state index contributed by atoms with van der Waals surface area (Å²) in [5.41, 5.74) is 5.97. The third-order valence-corrected chi connectivity index (χ3v) is 2.51. The van der Waals surface area contributed by atoms with Gasteiger partial charge in [0.2, 0.25) is 11.8 Å². The van der Waals surface area contributed by atoms with Crippen molar-refractivity contribution in [3.63, 3.8) is 0 Å². The molecule has 1 aromatic carbocycles. The monoisotopic (exact) mass is 249 g/mol. The quantitative estimate of drug-likeness (QED) is 0.694. The Hall–Kier alpha value is -1.88. The minimum absolute atomic E-state index is 0.0482. The summed E-state index contributed by atoms with van der Waals surface area (Å²) in [6.07, 6.45) is 0. The summed E-state index contributed by atoms with van der Waals surface area (Å²) in [5, 5.41) is 5.57. The van der Waals surface area contributed by atoms with Gasteiger partial charge in [-0.2, -0.15) is 0 Å². The molecule has 5 heteroatoms. The van der Waals surface area contributed by atoms with Crippen LogP contribution in [-0.2, 0) is 9.59 Å². The molecule has 0 aliphatic rings. The highest BCUT2D eigenvalue weighted by molar-refractivity contribution is 5.92. The normalized spacial score (nSPS) is 12.2. The number of amides is 2. The van der Waals surface area contributed by atoms with E-state index in [0.29, 0.717) is 0 Å². The second-order valence-electron chi connectivity index (χ2n) is 4.42. The third kappa shape index (κ3) is 4.55. The van der Waals surface area contributed by atoms with Crippen LogP contribution in [-0.4, -0.2) is 24.4 Å². The van der Waals surface area contributed by atoms with Gasteiger partial charge in [-0.3, -0.25) is 14.9 Å². The number of nitrogens with one attached hydrogen (secondary N) is 2. The van der Waals surface area contributed by atoms with E-state index in [1.165, 1.54) is 0 Å². The maximum atomic E-state index is 11.6. The number of hydrogen-bond acceptors (Lipinski definition) is 3. The van der Waals surface area contributed by atoms with E-state index >= 15 is 0 Å². The van der Waals surface area contributed by atoms with Crippen LogP contribution >= 0.6 is 0 Å². The van der Waals surface area contributed by atoms with Gasteiger partial charge in [-0.05, 0) is 18.1 Å². The van der Waals surface area contributed by atoms with Gasteiger partial charge in [0.1, 0.15) is 0 Å². The maximum Gasteiger partial charge on any atom is 0.238 e. The predicted octanol–water partition coefficient (Wildman–Crippen LogP) is 0.725. The van der Waals surface area contributed by atoms with Gasteiger partial charge in [-0.15, -0.1) is 0 Å². The van der Waals surface area contributed by atoms with Crippen molar-refractivity contribution in [3.05, 3.63) is 30.3 Å². The summed E-state index contributed by atoms with van der Waals surface area (Å²) in [6.45, 7) is 3.80. The second kappa shape index (κ2) is 6.76. The van der Waals surface area contributed by atoms with Crippen LogP contribution in [0.15, 0.2) is 30.3 Å². The molecule has 98 valence electrons. The number of hydrogen-bond donors (Lipinski definition) is 3.